The highest BCUT2D eigenvalue weighted by Gasteiger charge is 2.36. The first-order chi connectivity index (χ1) is 11.2. The number of nitrogens with zero attached hydrogens (tertiary/aromatic N) is 2. The molecule has 1 unspecified atom stereocenters. The Hall–Kier alpha value is -0.960. The van der Waals surface area contributed by atoms with Crippen molar-refractivity contribution in [2.45, 2.75) is 31.2 Å². The van der Waals surface area contributed by atoms with E-state index in [2.05, 4.69) is 4.90 Å². The molecule has 6 nitrogen and oxygen atoms in total. The number of rotatable bonds is 3. The average molecular weight is 373 g/mol. The molecule has 134 valence electrons. The van der Waals surface area contributed by atoms with Crippen LogP contribution in [0.4, 0.5) is 0 Å². The predicted octanol–water partition coefficient (Wildman–Crippen LogP) is 0.797. The van der Waals surface area contributed by atoms with Crippen molar-refractivity contribution in [3.8, 4) is 0 Å². The summed E-state index contributed by atoms with van der Waals surface area (Å²) in [4.78, 5) is 2.46. The van der Waals surface area contributed by atoms with Crippen LogP contribution in [-0.2, 0) is 19.9 Å². The van der Waals surface area contributed by atoms with Gasteiger partial charge in [0, 0.05) is 32.2 Å². The molecule has 3 rings (SSSR count). The fourth-order valence-corrected chi connectivity index (χ4v) is 6.67. The Morgan fingerprint density at radius 3 is 2.25 bits per heavy atom. The van der Waals surface area contributed by atoms with Gasteiger partial charge < -0.3 is 0 Å². The molecule has 2 aliphatic rings. The third-order valence-electron chi connectivity index (χ3n) is 5.11. The molecule has 1 aromatic carbocycles. The van der Waals surface area contributed by atoms with Crippen molar-refractivity contribution in [2.75, 3.05) is 37.7 Å². The largest absolute Gasteiger partial charge is 0.297 e. The van der Waals surface area contributed by atoms with E-state index >= 15 is 0 Å². The quantitative estimate of drug-likeness (QED) is 0.784. The lowest BCUT2D eigenvalue weighted by atomic mass is 10.1. The first kappa shape index (κ1) is 17.8. The Kier molecular flexibility index (Phi) is 4.76. The van der Waals surface area contributed by atoms with Gasteiger partial charge in [-0.1, -0.05) is 6.07 Å². The molecule has 0 aromatic heterocycles. The van der Waals surface area contributed by atoms with Gasteiger partial charge in [-0.25, -0.2) is 16.8 Å². The highest BCUT2D eigenvalue weighted by molar-refractivity contribution is 7.91. The number of hydrogen-bond acceptors (Lipinski definition) is 5. The SMILES string of the molecule is Cc1ccc(S(=O)(=O)N2CCN(C3CCS(=O)(=O)C3)CC2)cc1C. The number of piperazine rings is 1. The normalized spacial score (nSPS) is 25.8. The molecule has 1 atom stereocenters. The van der Waals surface area contributed by atoms with E-state index < -0.39 is 19.9 Å². The van der Waals surface area contributed by atoms with Crippen molar-refractivity contribution in [1.29, 1.82) is 0 Å². The zero-order valence-corrected chi connectivity index (χ0v) is 15.7. The molecule has 0 bridgehead atoms. The highest BCUT2D eigenvalue weighted by atomic mass is 32.2. The molecule has 2 fully saturated rings. The van der Waals surface area contributed by atoms with Gasteiger partial charge in [0.15, 0.2) is 9.84 Å². The van der Waals surface area contributed by atoms with Gasteiger partial charge in [0.1, 0.15) is 0 Å². The van der Waals surface area contributed by atoms with Gasteiger partial charge in [0.2, 0.25) is 10.0 Å². The number of benzene rings is 1. The lowest BCUT2D eigenvalue weighted by molar-refractivity contribution is 0.148. The van der Waals surface area contributed by atoms with Gasteiger partial charge in [-0.3, -0.25) is 4.90 Å². The summed E-state index contributed by atoms with van der Waals surface area (Å²) in [6, 6.07) is 5.26. The highest BCUT2D eigenvalue weighted by Crippen LogP contribution is 2.23. The summed E-state index contributed by atoms with van der Waals surface area (Å²) in [5.41, 5.74) is 2.03. The molecule has 0 aliphatic carbocycles. The van der Waals surface area contributed by atoms with Crippen LogP contribution >= 0.6 is 0 Å². The van der Waals surface area contributed by atoms with E-state index in [9.17, 15) is 16.8 Å². The maximum atomic E-state index is 12.8. The molecule has 24 heavy (non-hydrogen) atoms. The molecule has 2 aliphatic heterocycles. The van der Waals surface area contributed by atoms with Gasteiger partial charge in [0.05, 0.1) is 16.4 Å². The second-order valence-electron chi connectivity index (χ2n) is 6.74. The van der Waals surface area contributed by atoms with Crippen molar-refractivity contribution >= 4 is 19.9 Å². The van der Waals surface area contributed by atoms with Crippen LogP contribution in [0.5, 0.6) is 0 Å². The topological polar surface area (TPSA) is 74.8 Å². The molecule has 1 aromatic rings. The molecule has 0 amide bonds. The molecule has 0 radical (unpaired) electrons. The molecule has 0 N–H and O–H groups in total. The minimum absolute atomic E-state index is 0.0430. The second kappa shape index (κ2) is 6.40. The maximum absolute atomic E-state index is 12.8. The fourth-order valence-electron chi connectivity index (χ4n) is 3.40. The predicted molar refractivity (Wildman–Crippen MR) is 93.3 cm³/mol. The summed E-state index contributed by atoms with van der Waals surface area (Å²) in [5.74, 6) is 0.454. The van der Waals surface area contributed by atoms with E-state index in [-0.39, 0.29) is 17.5 Å². The van der Waals surface area contributed by atoms with Crippen molar-refractivity contribution in [3.63, 3.8) is 0 Å². The van der Waals surface area contributed by atoms with Crippen LogP contribution in [0.3, 0.4) is 0 Å². The summed E-state index contributed by atoms with van der Waals surface area (Å²) in [7, 11) is -6.39. The molecular formula is C16H24N2O4S2. The van der Waals surface area contributed by atoms with Crippen LogP contribution in [0.1, 0.15) is 17.5 Å². The molecule has 2 heterocycles. The summed E-state index contributed by atoms with van der Waals surface area (Å²) in [6.07, 6.45) is 0.659. The Balaban J connectivity index is 1.68. The van der Waals surface area contributed by atoms with Crippen molar-refractivity contribution < 1.29 is 16.8 Å². The van der Waals surface area contributed by atoms with E-state index in [0.717, 1.165) is 11.1 Å². The van der Waals surface area contributed by atoms with Crippen molar-refractivity contribution in [2.24, 2.45) is 0 Å². The lowest BCUT2D eigenvalue weighted by Gasteiger charge is -2.37. The minimum Gasteiger partial charge on any atom is -0.297 e. The third-order valence-corrected chi connectivity index (χ3v) is 8.76. The van der Waals surface area contributed by atoms with Crippen molar-refractivity contribution in [3.05, 3.63) is 29.3 Å². The maximum Gasteiger partial charge on any atom is 0.243 e. The van der Waals surface area contributed by atoms with Gasteiger partial charge in [-0.05, 0) is 43.5 Å². The molecule has 0 spiro atoms. The number of sulfonamides is 1. The number of aryl methyl sites for hydroxylation is 2. The standard InChI is InChI=1S/C16H24N2O4S2/c1-13-3-4-16(11-14(13)2)24(21,22)18-8-6-17(7-9-18)15-5-10-23(19,20)12-15/h3-4,11,15H,5-10,12H2,1-2H3. The third kappa shape index (κ3) is 3.51. The zero-order valence-electron chi connectivity index (χ0n) is 14.1. The second-order valence-corrected chi connectivity index (χ2v) is 10.9. The van der Waals surface area contributed by atoms with Crippen LogP contribution in [0, 0.1) is 13.8 Å². The Morgan fingerprint density at radius 2 is 1.71 bits per heavy atom. The minimum atomic E-state index is -3.48. The van der Waals surface area contributed by atoms with Crippen LogP contribution in [0.2, 0.25) is 0 Å². The monoisotopic (exact) mass is 372 g/mol. The Bertz CT molecular complexity index is 826. The Labute approximate surface area is 144 Å². The van der Waals surface area contributed by atoms with Gasteiger partial charge in [0.25, 0.3) is 0 Å². The van der Waals surface area contributed by atoms with Crippen LogP contribution in [0.25, 0.3) is 0 Å². The summed E-state index contributed by atoms with van der Waals surface area (Å²) >= 11 is 0. The van der Waals surface area contributed by atoms with Crippen molar-refractivity contribution in [1.82, 2.24) is 9.21 Å². The Morgan fingerprint density at radius 1 is 1.04 bits per heavy atom. The zero-order chi connectivity index (χ0) is 17.5. The number of hydrogen-bond donors (Lipinski definition) is 0. The molecule has 0 saturated carbocycles. The molecule has 2 saturated heterocycles. The average Bonchev–Trinajstić information content (AvgIpc) is 2.90. The summed E-state index contributed by atoms with van der Waals surface area (Å²) < 4.78 is 50.3. The lowest BCUT2D eigenvalue weighted by Crippen LogP contribution is -2.52. The van der Waals surface area contributed by atoms with Gasteiger partial charge in [-0.15, -0.1) is 0 Å². The van der Waals surface area contributed by atoms with Gasteiger partial charge >= 0.3 is 0 Å². The van der Waals surface area contributed by atoms with E-state index in [1.807, 2.05) is 19.9 Å². The molecular weight excluding hydrogens is 348 g/mol. The first-order valence-electron chi connectivity index (χ1n) is 8.21. The smallest absolute Gasteiger partial charge is 0.243 e. The number of sulfone groups is 1. The van der Waals surface area contributed by atoms with Crippen LogP contribution < -0.4 is 0 Å². The van der Waals surface area contributed by atoms with E-state index in [1.54, 1.807) is 12.1 Å². The molecule has 8 heteroatoms. The first-order valence-corrected chi connectivity index (χ1v) is 11.5. The fraction of sp³-hybridized carbons (Fsp3) is 0.625. The van der Waals surface area contributed by atoms with E-state index in [0.29, 0.717) is 37.5 Å². The van der Waals surface area contributed by atoms with E-state index in [1.165, 1.54) is 4.31 Å². The van der Waals surface area contributed by atoms with E-state index in [4.69, 9.17) is 0 Å². The summed E-state index contributed by atoms with van der Waals surface area (Å²) in [5, 5.41) is 0. The van der Waals surface area contributed by atoms with Crippen LogP contribution in [-0.4, -0.2) is 69.8 Å². The van der Waals surface area contributed by atoms with Gasteiger partial charge in [-0.2, -0.15) is 4.31 Å². The summed E-state index contributed by atoms with van der Waals surface area (Å²) in [6.45, 7) is 5.86. The van der Waals surface area contributed by atoms with Crippen LogP contribution in [0.15, 0.2) is 23.1 Å².